The van der Waals surface area contributed by atoms with Gasteiger partial charge in [0.25, 0.3) is 0 Å². The minimum Gasteiger partial charge on any atom is -0.361 e. The lowest BCUT2D eigenvalue weighted by molar-refractivity contribution is -0.116. The molecule has 14 heavy (non-hydrogen) atoms. The van der Waals surface area contributed by atoms with Crippen LogP contribution in [0.4, 0.5) is 0 Å². The fourth-order valence-electron chi connectivity index (χ4n) is 2.37. The molecule has 0 amide bonds. The summed E-state index contributed by atoms with van der Waals surface area (Å²) in [5, 5.41) is 3.47. The third-order valence-electron chi connectivity index (χ3n) is 3.14. The molecule has 0 fully saturated rings. The van der Waals surface area contributed by atoms with Gasteiger partial charge in [-0.2, -0.15) is 0 Å². The van der Waals surface area contributed by atoms with Crippen molar-refractivity contribution in [3.63, 3.8) is 0 Å². The van der Waals surface area contributed by atoms with E-state index >= 15 is 0 Å². The van der Waals surface area contributed by atoms with E-state index in [1.54, 1.807) is 0 Å². The number of carbonyl (C=O) groups excluding carboxylic acids is 1. The molecular formula is C11H13NOS. The SMILES string of the molecule is O=C1CCCC2=C1CC1=C(CCS1)N2. The van der Waals surface area contributed by atoms with Crippen LogP contribution in [-0.4, -0.2) is 11.5 Å². The van der Waals surface area contributed by atoms with Crippen molar-refractivity contribution in [2.45, 2.75) is 32.1 Å². The van der Waals surface area contributed by atoms with Gasteiger partial charge in [0.15, 0.2) is 5.78 Å². The van der Waals surface area contributed by atoms with E-state index in [-0.39, 0.29) is 0 Å². The fourth-order valence-corrected chi connectivity index (χ4v) is 3.50. The number of allylic oxidation sites excluding steroid dienone is 4. The van der Waals surface area contributed by atoms with E-state index in [2.05, 4.69) is 5.32 Å². The molecule has 0 aromatic carbocycles. The van der Waals surface area contributed by atoms with Crippen LogP contribution >= 0.6 is 11.8 Å². The van der Waals surface area contributed by atoms with Crippen molar-refractivity contribution < 1.29 is 4.79 Å². The topological polar surface area (TPSA) is 29.1 Å². The predicted molar refractivity (Wildman–Crippen MR) is 57.7 cm³/mol. The van der Waals surface area contributed by atoms with Crippen molar-refractivity contribution in [1.29, 1.82) is 0 Å². The largest absolute Gasteiger partial charge is 0.361 e. The Bertz CT molecular complexity index is 367. The molecule has 2 aliphatic heterocycles. The summed E-state index contributed by atoms with van der Waals surface area (Å²) in [6, 6.07) is 0. The van der Waals surface area contributed by atoms with Crippen LogP contribution in [-0.2, 0) is 4.79 Å². The second-order valence-corrected chi connectivity index (χ2v) is 5.23. The quantitative estimate of drug-likeness (QED) is 0.661. The molecule has 2 heterocycles. The molecule has 74 valence electrons. The molecule has 3 aliphatic rings. The van der Waals surface area contributed by atoms with Gasteiger partial charge in [-0.25, -0.2) is 0 Å². The Morgan fingerprint density at radius 2 is 2.07 bits per heavy atom. The van der Waals surface area contributed by atoms with Gasteiger partial charge in [-0.05, 0) is 19.3 Å². The van der Waals surface area contributed by atoms with E-state index in [9.17, 15) is 4.79 Å². The summed E-state index contributed by atoms with van der Waals surface area (Å²) >= 11 is 1.91. The van der Waals surface area contributed by atoms with Crippen LogP contribution < -0.4 is 5.32 Å². The van der Waals surface area contributed by atoms with Gasteiger partial charge >= 0.3 is 0 Å². The summed E-state index contributed by atoms with van der Waals surface area (Å²) < 4.78 is 0. The third kappa shape index (κ3) is 1.22. The summed E-state index contributed by atoms with van der Waals surface area (Å²) in [4.78, 5) is 13.1. The number of dihydropyridines is 1. The van der Waals surface area contributed by atoms with Gasteiger partial charge in [0, 0.05) is 40.5 Å². The first-order valence-corrected chi connectivity index (χ1v) is 6.20. The molecule has 3 rings (SSSR count). The molecule has 0 spiro atoms. The molecule has 1 N–H and O–H groups in total. The van der Waals surface area contributed by atoms with Gasteiger partial charge in [0.1, 0.15) is 0 Å². The first-order chi connectivity index (χ1) is 6.84. The highest BCUT2D eigenvalue weighted by atomic mass is 32.2. The smallest absolute Gasteiger partial charge is 0.160 e. The van der Waals surface area contributed by atoms with E-state index in [1.807, 2.05) is 11.8 Å². The Balaban J connectivity index is 1.93. The van der Waals surface area contributed by atoms with Crippen molar-refractivity contribution >= 4 is 17.5 Å². The molecule has 0 aromatic heterocycles. The highest BCUT2D eigenvalue weighted by Crippen LogP contribution is 2.40. The van der Waals surface area contributed by atoms with E-state index in [0.29, 0.717) is 5.78 Å². The van der Waals surface area contributed by atoms with Crippen molar-refractivity contribution in [3.05, 3.63) is 21.9 Å². The number of thioether (sulfide) groups is 1. The average Bonchev–Trinajstić information content (AvgIpc) is 2.62. The van der Waals surface area contributed by atoms with Gasteiger partial charge in [-0.3, -0.25) is 4.79 Å². The second kappa shape index (κ2) is 3.16. The lowest BCUT2D eigenvalue weighted by Crippen LogP contribution is -2.25. The number of rotatable bonds is 0. The van der Waals surface area contributed by atoms with Crippen LogP contribution in [0.15, 0.2) is 21.9 Å². The number of hydrogen-bond donors (Lipinski definition) is 1. The van der Waals surface area contributed by atoms with Gasteiger partial charge in [0.2, 0.25) is 0 Å². The Kier molecular flexibility index (Phi) is 1.94. The maximum Gasteiger partial charge on any atom is 0.160 e. The Labute approximate surface area is 87.8 Å². The molecule has 0 aromatic rings. The molecule has 0 saturated heterocycles. The van der Waals surface area contributed by atoms with E-state index in [4.69, 9.17) is 0 Å². The summed E-state index contributed by atoms with van der Waals surface area (Å²) in [6.07, 6.45) is 4.93. The van der Waals surface area contributed by atoms with Crippen LogP contribution in [0.25, 0.3) is 0 Å². The lowest BCUT2D eigenvalue weighted by Gasteiger charge is -2.26. The first-order valence-electron chi connectivity index (χ1n) is 5.21. The highest BCUT2D eigenvalue weighted by Gasteiger charge is 2.29. The Morgan fingerprint density at radius 1 is 1.14 bits per heavy atom. The van der Waals surface area contributed by atoms with Crippen molar-refractivity contribution in [1.82, 2.24) is 5.32 Å². The van der Waals surface area contributed by atoms with Crippen LogP contribution in [0.2, 0.25) is 0 Å². The Hall–Kier alpha value is -0.700. The molecule has 0 bridgehead atoms. The number of ketones is 1. The summed E-state index contributed by atoms with van der Waals surface area (Å²) in [5.74, 6) is 1.56. The van der Waals surface area contributed by atoms with Crippen molar-refractivity contribution in [3.8, 4) is 0 Å². The Morgan fingerprint density at radius 3 is 3.00 bits per heavy atom. The predicted octanol–water partition coefficient (Wildman–Crippen LogP) is 2.34. The van der Waals surface area contributed by atoms with E-state index in [0.717, 1.165) is 37.7 Å². The normalized spacial score (nSPS) is 26.1. The minimum absolute atomic E-state index is 0.373. The summed E-state index contributed by atoms with van der Waals surface area (Å²) in [5.41, 5.74) is 3.69. The number of nitrogens with one attached hydrogen (secondary N) is 1. The second-order valence-electron chi connectivity index (χ2n) is 4.04. The number of Topliss-reactive ketones (excluding diaryl/α,β-unsaturated/α-hetero) is 1. The third-order valence-corrected chi connectivity index (χ3v) is 4.28. The summed E-state index contributed by atoms with van der Waals surface area (Å²) in [6.45, 7) is 0. The average molecular weight is 207 g/mol. The van der Waals surface area contributed by atoms with E-state index in [1.165, 1.54) is 22.1 Å². The minimum atomic E-state index is 0.373. The maximum absolute atomic E-state index is 11.7. The molecule has 0 unspecified atom stereocenters. The fraction of sp³-hybridized carbons (Fsp3) is 0.545. The number of hydrogen-bond acceptors (Lipinski definition) is 3. The van der Waals surface area contributed by atoms with Crippen LogP contribution in [0.3, 0.4) is 0 Å². The first kappa shape index (κ1) is 8.60. The van der Waals surface area contributed by atoms with Gasteiger partial charge in [0.05, 0.1) is 0 Å². The zero-order valence-corrected chi connectivity index (χ0v) is 8.88. The van der Waals surface area contributed by atoms with Crippen LogP contribution in [0.5, 0.6) is 0 Å². The molecule has 0 saturated carbocycles. The molecule has 2 nitrogen and oxygen atoms in total. The number of carbonyl (C=O) groups is 1. The molecule has 1 aliphatic carbocycles. The van der Waals surface area contributed by atoms with Crippen molar-refractivity contribution in [2.24, 2.45) is 0 Å². The molecule has 3 heteroatoms. The monoisotopic (exact) mass is 207 g/mol. The zero-order chi connectivity index (χ0) is 9.54. The molecule has 0 radical (unpaired) electrons. The highest BCUT2D eigenvalue weighted by molar-refractivity contribution is 8.03. The van der Waals surface area contributed by atoms with Gasteiger partial charge < -0.3 is 5.32 Å². The lowest BCUT2D eigenvalue weighted by atomic mass is 9.90. The van der Waals surface area contributed by atoms with Crippen LogP contribution in [0, 0.1) is 0 Å². The molecule has 0 atom stereocenters. The maximum atomic E-state index is 11.7. The van der Waals surface area contributed by atoms with E-state index < -0.39 is 0 Å². The standard InChI is InChI=1S/C11H13NOS/c13-10-3-1-2-8-7(10)6-11-9(12-8)4-5-14-11/h12H,1-6H2. The zero-order valence-electron chi connectivity index (χ0n) is 8.06. The molecular weight excluding hydrogens is 194 g/mol. The van der Waals surface area contributed by atoms with Gasteiger partial charge in [-0.1, -0.05) is 0 Å². The van der Waals surface area contributed by atoms with Crippen molar-refractivity contribution in [2.75, 3.05) is 5.75 Å². The van der Waals surface area contributed by atoms with Gasteiger partial charge in [-0.15, -0.1) is 11.8 Å². The van der Waals surface area contributed by atoms with Crippen LogP contribution in [0.1, 0.15) is 32.1 Å². The summed E-state index contributed by atoms with van der Waals surface area (Å²) in [7, 11) is 0.